The Kier molecular flexibility index (Phi) is 2.41. The number of nitrogens with zero attached hydrogens (tertiary/aromatic N) is 4. The van der Waals surface area contributed by atoms with Crippen molar-refractivity contribution < 1.29 is 4.39 Å². The Morgan fingerprint density at radius 2 is 2.36 bits per heavy atom. The van der Waals surface area contributed by atoms with E-state index in [1.54, 1.807) is 6.07 Å². The van der Waals surface area contributed by atoms with Crippen molar-refractivity contribution in [3.8, 4) is 0 Å². The lowest BCUT2D eigenvalue weighted by Crippen LogP contribution is -2.01. The lowest BCUT2D eigenvalue weighted by molar-refractivity contribution is 0.621. The molecule has 0 aliphatic heterocycles. The molecular weight excluding hydrogens is 207 g/mol. The van der Waals surface area contributed by atoms with E-state index in [4.69, 9.17) is 11.6 Å². The molecule has 0 N–H and O–H groups in total. The molecule has 0 fully saturated rings. The first-order chi connectivity index (χ1) is 6.75. The van der Waals surface area contributed by atoms with E-state index in [1.807, 2.05) is 0 Å². The van der Waals surface area contributed by atoms with Crippen molar-refractivity contribution in [1.29, 1.82) is 0 Å². The summed E-state index contributed by atoms with van der Waals surface area (Å²) in [6.45, 7) is 0.381. The molecule has 1 heterocycles. The third kappa shape index (κ3) is 1.88. The van der Waals surface area contributed by atoms with Crippen LogP contribution in [0.2, 0.25) is 5.02 Å². The zero-order valence-electron chi connectivity index (χ0n) is 6.98. The Morgan fingerprint density at radius 3 is 3.00 bits per heavy atom. The number of halogens is 2. The lowest BCUT2D eigenvalue weighted by atomic mass is 10.2. The van der Waals surface area contributed by atoms with Crippen LogP contribution in [0.3, 0.4) is 0 Å². The Balaban J connectivity index is 2.25. The van der Waals surface area contributed by atoms with Gasteiger partial charge in [0.15, 0.2) is 0 Å². The summed E-state index contributed by atoms with van der Waals surface area (Å²) in [7, 11) is 0. The molecule has 6 heteroatoms. The highest BCUT2D eigenvalue weighted by molar-refractivity contribution is 6.31. The summed E-state index contributed by atoms with van der Waals surface area (Å²) in [4.78, 5) is 0. The minimum Gasteiger partial charge on any atom is -0.218 e. The summed E-state index contributed by atoms with van der Waals surface area (Å²) >= 11 is 5.81. The molecule has 0 aliphatic rings. The normalized spacial score (nSPS) is 10.4. The van der Waals surface area contributed by atoms with E-state index in [2.05, 4.69) is 21.9 Å². The number of tetrazole rings is 1. The molecule has 14 heavy (non-hydrogen) atoms. The molecule has 2 aromatic rings. The summed E-state index contributed by atoms with van der Waals surface area (Å²) in [6.07, 6.45) is 2.52. The van der Waals surface area contributed by atoms with Gasteiger partial charge in [0.2, 0.25) is 6.33 Å². The summed E-state index contributed by atoms with van der Waals surface area (Å²) < 4.78 is 14.1. The molecule has 1 aromatic carbocycles. The monoisotopic (exact) mass is 211 g/mol. The van der Waals surface area contributed by atoms with Gasteiger partial charge in [-0.2, -0.15) is 0 Å². The summed E-state index contributed by atoms with van der Waals surface area (Å²) in [6, 6.07) is 4.18. The molecule has 0 atom stereocenters. The van der Waals surface area contributed by atoms with Gasteiger partial charge in [0, 0.05) is 5.02 Å². The van der Waals surface area contributed by atoms with Crippen LogP contribution in [0.1, 0.15) is 5.56 Å². The average molecular weight is 212 g/mol. The van der Waals surface area contributed by atoms with Crippen LogP contribution in [0.25, 0.3) is 0 Å². The van der Waals surface area contributed by atoms with Gasteiger partial charge in [-0.15, -0.1) is 5.10 Å². The van der Waals surface area contributed by atoms with Gasteiger partial charge >= 0.3 is 0 Å². The van der Waals surface area contributed by atoms with Crippen molar-refractivity contribution in [2.24, 2.45) is 0 Å². The molecule has 4 nitrogen and oxygen atoms in total. The number of hydrogen-bond acceptors (Lipinski definition) is 3. The highest BCUT2D eigenvalue weighted by Gasteiger charge is 2.03. The van der Waals surface area contributed by atoms with Crippen LogP contribution in [-0.4, -0.2) is 20.2 Å². The summed E-state index contributed by atoms with van der Waals surface area (Å²) in [5.74, 6) is -0.362. The molecule has 2 rings (SSSR count). The zero-order valence-corrected chi connectivity index (χ0v) is 7.74. The molecule has 0 saturated carbocycles. The Morgan fingerprint density at radius 1 is 1.50 bits per heavy atom. The van der Waals surface area contributed by atoms with Crippen LogP contribution in [0.5, 0.6) is 0 Å². The first kappa shape index (κ1) is 9.08. The largest absolute Gasteiger partial charge is 0.221 e. The highest BCUT2D eigenvalue weighted by Crippen LogP contribution is 2.17. The molecule has 0 saturated heterocycles. The predicted molar refractivity (Wildman–Crippen MR) is 47.2 cm³/mol. The van der Waals surface area contributed by atoms with Crippen molar-refractivity contribution in [2.75, 3.05) is 0 Å². The van der Waals surface area contributed by atoms with E-state index < -0.39 is 0 Å². The fourth-order valence-corrected chi connectivity index (χ4v) is 1.27. The van der Waals surface area contributed by atoms with Gasteiger partial charge in [-0.05, 0) is 28.1 Å². The fraction of sp³-hybridized carbons (Fsp3) is 0.125. The third-order valence-corrected chi connectivity index (χ3v) is 2.04. The van der Waals surface area contributed by atoms with Crippen molar-refractivity contribution >= 4 is 11.6 Å². The quantitative estimate of drug-likeness (QED) is 0.753. The van der Waals surface area contributed by atoms with Gasteiger partial charge < -0.3 is 0 Å². The molecular formula is C8H5ClFN4. The van der Waals surface area contributed by atoms with Gasteiger partial charge in [0.05, 0.1) is 6.54 Å². The maximum atomic E-state index is 12.7. The maximum absolute atomic E-state index is 12.7. The van der Waals surface area contributed by atoms with Crippen LogP contribution in [-0.2, 0) is 6.54 Å². The van der Waals surface area contributed by atoms with Crippen molar-refractivity contribution in [2.45, 2.75) is 6.54 Å². The van der Waals surface area contributed by atoms with E-state index >= 15 is 0 Å². The molecule has 0 unspecified atom stereocenters. The zero-order chi connectivity index (χ0) is 9.97. The van der Waals surface area contributed by atoms with E-state index in [9.17, 15) is 4.39 Å². The second-order valence-electron chi connectivity index (χ2n) is 2.67. The standard InChI is InChI=1S/C8H5ClFN4/c9-8-3-7(10)2-1-6(8)4-14-5-11-12-13-14/h1-3H,4H2. The molecule has 71 valence electrons. The van der Waals surface area contributed by atoms with Crippen LogP contribution < -0.4 is 0 Å². The van der Waals surface area contributed by atoms with Crippen LogP contribution in [0.15, 0.2) is 18.2 Å². The van der Waals surface area contributed by atoms with E-state index in [0.29, 0.717) is 11.6 Å². The van der Waals surface area contributed by atoms with Gasteiger partial charge in [-0.3, -0.25) is 0 Å². The number of aromatic nitrogens is 4. The molecule has 1 radical (unpaired) electrons. The highest BCUT2D eigenvalue weighted by atomic mass is 35.5. The summed E-state index contributed by atoms with van der Waals surface area (Å²) in [5, 5.41) is 10.8. The predicted octanol–water partition coefficient (Wildman–Crippen LogP) is 1.31. The number of hydrogen-bond donors (Lipinski definition) is 0. The van der Waals surface area contributed by atoms with Gasteiger partial charge in [-0.1, -0.05) is 17.7 Å². The second-order valence-corrected chi connectivity index (χ2v) is 3.08. The van der Waals surface area contributed by atoms with Crippen molar-refractivity contribution in [1.82, 2.24) is 20.2 Å². The molecule has 0 amide bonds. The Bertz CT molecular complexity index is 429. The Hall–Kier alpha value is -1.49. The average Bonchev–Trinajstić information content (AvgIpc) is 2.62. The smallest absolute Gasteiger partial charge is 0.218 e. The molecule has 0 spiro atoms. The van der Waals surface area contributed by atoms with E-state index in [0.717, 1.165) is 5.56 Å². The minimum absolute atomic E-state index is 0.355. The van der Waals surface area contributed by atoms with Crippen molar-refractivity contribution in [3.63, 3.8) is 0 Å². The SMILES string of the molecule is Fc1ccc(Cn2[c]nnn2)c(Cl)c1. The molecule has 1 aromatic heterocycles. The number of rotatable bonds is 2. The maximum Gasteiger partial charge on any atom is 0.221 e. The van der Waals surface area contributed by atoms with Crippen LogP contribution in [0, 0.1) is 12.1 Å². The minimum atomic E-state index is -0.362. The van der Waals surface area contributed by atoms with Gasteiger partial charge in [-0.25, -0.2) is 9.07 Å². The third-order valence-electron chi connectivity index (χ3n) is 1.69. The first-order valence-corrected chi connectivity index (χ1v) is 4.21. The second kappa shape index (κ2) is 3.71. The number of benzene rings is 1. The topological polar surface area (TPSA) is 43.6 Å². The van der Waals surface area contributed by atoms with E-state index in [-0.39, 0.29) is 5.82 Å². The van der Waals surface area contributed by atoms with Crippen molar-refractivity contribution in [3.05, 3.63) is 40.9 Å². The van der Waals surface area contributed by atoms with Gasteiger partial charge in [0.1, 0.15) is 5.82 Å². The first-order valence-electron chi connectivity index (χ1n) is 3.83. The lowest BCUT2D eigenvalue weighted by Gasteiger charge is -2.02. The molecule has 0 aliphatic carbocycles. The Labute approximate surface area is 84.3 Å². The van der Waals surface area contributed by atoms with Crippen LogP contribution in [0.4, 0.5) is 4.39 Å². The van der Waals surface area contributed by atoms with E-state index in [1.165, 1.54) is 16.8 Å². The van der Waals surface area contributed by atoms with Crippen LogP contribution >= 0.6 is 11.6 Å². The molecule has 0 bridgehead atoms. The summed E-state index contributed by atoms with van der Waals surface area (Å²) in [5.41, 5.74) is 0.747. The fourth-order valence-electron chi connectivity index (χ4n) is 1.04. The van der Waals surface area contributed by atoms with Gasteiger partial charge in [0.25, 0.3) is 0 Å².